The molecule has 1 fully saturated rings. The summed E-state index contributed by atoms with van der Waals surface area (Å²) in [4.78, 5) is 1.51. The van der Waals surface area contributed by atoms with E-state index in [1.165, 1.54) is 24.3 Å². The summed E-state index contributed by atoms with van der Waals surface area (Å²) in [5, 5.41) is 10.2. The third kappa shape index (κ3) is 5.95. The highest BCUT2D eigenvalue weighted by Gasteiger charge is 2.27. The zero-order chi connectivity index (χ0) is 15.8. The monoisotopic (exact) mass is 308 g/mol. The van der Waals surface area contributed by atoms with Crippen molar-refractivity contribution in [1.82, 2.24) is 0 Å². The molecule has 4 heteroatoms. The topological polar surface area (TPSA) is 43.1 Å². The third-order valence-electron chi connectivity index (χ3n) is 4.16. The maximum Gasteiger partial charge on any atom is 0.126 e. The number of benzene rings is 1. The number of hydrogen-bond acceptors (Lipinski definition) is 3. The number of ether oxygens (including phenoxy) is 2. The van der Waals surface area contributed by atoms with Crippen molar-refractivity contribution in [3.8, 4) is 5.75 Å². The first-order valence-electron chi connectivity index (χ1n) is 8.44. The van der Waals surface area contributed by atoms with Gasteiger partial charge < -0.3 is 19.5 Å². The Morgan fingerprint density at radius 3 is 2.77 bits per heavy atom. The normalized spacial score (nSPS) is 17.2. The molecule has 0 amide bonds. The van der Waals surface area contributed by atoms with Crippen LogP contribution in [0.3, 0.4) is 0 Å². The lowest BCUT2D eigenvalue weighted by Crippen LogP contribution is -3.13. The molecule has 0 saturated heterocycles. The zero-order valence-electron chi connectivity index (χ0n) is 13.9. The van der Waals surface area contributed by atoms with Gasteiger partial charge in [-0.15, -0.1) is 0 Å². The highest BCUT2D eigenvalue weighted by atomic mass is 16.5. The van der Waals surface area contributed by atoms with Gasteiger partial charge in [-0.05, 0) is 25.3 Å². The van der Waals surface area contributed by atoms with Gasteiger partial charge in [0.2, 0.25) is 0 Å². The third-order valence-corrected chi connectivity index (χ3v) is 4.16. The zero-order valence-corrected chi connectivity index (χ0v) is 13.9. The Hall–Kier alpha value is -1.10. The smallest absolute Gasteiger partial charge is 0.126 e. The summed E-state index contributed by atoms with van der Waals surface area (Å²) in [6.07, 6.45) is 3.51. The number of aliphatic hydroxyl groups is 1. The lowest BCUT2D eigenvalue weighted by atomic mass is 10.2. The molecule has 1 unspecified atom stereocenters. The van der Waals surface area contributed by atoms with Crippen LogP contribution in [0.1, 0.15) is 31.7 Å². The standard InChI is InChI=1S/C18H29NO3/c1-3-10-19(11-15-8-9-15)12-17(20)14-22-13-16-6-4-5-7-18(16)21-2/h4-7,15,17,20H,3,8-14H2,1-2H3/p+1/t17-/m0/s1. The van der Waals surface area contributed by atoms with Crippen LogP contribution in [0.25, 0.3) is 0 Å². The van der Waals surface area contributed by atoms with Gasteiger partial charge in [-0.3, -0.25) is 0 Å². The van der Waals surface area contributed by atoms with E-state index in [4.69, 9.17) is 9.47 Å². The van der Waals surface area contributed by atoms with Gasteiger partial charge in [0.05, 0.1) is 33.4 Å². The molecular formula is C18H30NO3+. The Morgan fingerprint density at radius 1 is 1.32 bits per heavy atom. The summed E-state index contributed by atoms with van der Waals surface area (Å²) in [6, 6.07) is 7.84. The van der Waals surface area contributed by atoms with Gasteiger partial charge in [0.1, 0.15) is 18.4 Å². The van der Waals surface area contributed by atoms with Gasteiger partial charge in [0.15, 0.2) is 0 Å². The van der Waals surface area contributed by atoms with Gasteiger partial charge in [-0.25, -0.2) is 0 Å². The highest BCUT2D eigenvalue weighted by Crippen LogP contribution is 2.26. The molecule has 1 saturated carbocycles. The average Bonchev–Trinajstić information content (AvgIpc) is 3.32. The Morgan fingerprint density at radius 2 is 2.09 bits per heavy atom. The van der Waals surface area contributed by atoms with Crippen molar-refractivity contribution in [3.05, 3.63) is 29.8 Å². The molecule has 0 aliphatic heterocycles. The van der Waals surface area contributed by atoms with Gasteiger partial charge in [0.25, 0.3) is 0 Å². The summed E-state index contributed by atoms with van der Waals surface area (Å²) in [5.74, 6) is 1.73. The average molecular weight is 308 g/mol. The molecule has 4 nitrogen and oxygen atoms in total. The van der Waals surface area contributed by atoms with Gasteiger partial charge >= 0.3 is 0 Å². The number of para-hydroxylation sites is 1. The summed E-state index contributed by atoms with van der Waals surface area (Å²) in [5.41, 5.74) is 1.02. The molecule has 0 radical (unpaired) electrons. The van der Waals surface area contributed by atoms with Crippen molar-refractivity contribution in [2.45, 2.75) is 38.9 Å². The summed E-state index contributed by atoms with van der Waals surface area (Å²) in [7, 11) is 1.66. The Labute approximate surface area is 134 Å². The number of nitrogens with one attached hydrogen (secondary N) is 1. The van der Waals surface area contributed by atoms with Gasteiger partial charge in [-0.2, -0.15) is 0 Å². The molecule has 124 valence electrons. The minimum absolute atomic E-state index is 0.385. The maximum atomic E-state index is 10.2. The van der Waals surface area contributed by atoms with Crippen LogP contribution in [0.2, 0.25) is 0 Å². The highest BCUT2D eigenvalue weighted by molar-refractivity contribution is 5.32. The van der Waals surface area contributed by atoms with Crippen LogP contribution in [-0.4, -0.2) is 44.6 Å². The van der Waals surface area contributed by atoms with Crippen molar-refractivity contribution in [1.29, 1.82) is 0 Å². The van der Waals surface area contributed by atoms with Crippen LogP contribution in [0.5, 0.6) is 5.75 Å². The molecular weight excluding hydrogens is 278 g/mol. The van der Waals surface area contributed by atoms with Crippen LogP contribution in [0, 0.1) is 5.92 Å². The lowest BCUT2D eigenvalue weighted by molar-refractivity contribution is -0.905. The molecule has 0 heterocycles. The first kappa shape index (κ1) is 17.3. The Bertz CT molecular complexity index is 434. The van der Waals surface area contributed by atoms with E-state index in [1.807, 2.05) is 24.3 Å². The molecule has 0 aromatic heterocycles. The summed E-state index contributed by atoms with van der Waals surface area (Å²) >= 11 is 0. The molecule has 1 aromatic rings. The molecule has 1 aromatic carbocycles. The largest absolute Gasteiger partial charge is 0.496 e. The number of methoxy groups -OCH3 is 1. The van der Waals surface area contributed by atoms with Crippen LogP contribution in [0.15, 0.2) is 24.3 Å². The van der Waals surface area contributed by atoms with Crippen LogP contribution >= 0.6 is 0 Å². The first-order chi connectivity index (χ1) is 10.7. The molecule has 2 N–H and O–H groups in total. The second-order valence-corrected chi connectivity index (χ2v) is 6.33. The van der Waals surface area contributed by atoms with Crippen molar-refractivity contribution >= 4 is 0 Å². The van der Waals surface area contributed by atoms with E-state index in [1.54, 1.807) is 7.11 Å². The van der Waals surface area contributed by atoms with E-state index < -0.39 is 6.10 Å². The minimum Gasteiger partial charge on any atom is -0.496 e. The Balaban J connectivity index is 1.70. The molecule has 2 atom stereocenters. The predicted octanol–water partition coefficient (Wildman–Crippen LogP) is 1.28. The lowest BCUT2D eigenvalue weighted by Gasteiger charge is -2.22. The summed E-state index contributed by atoms with van der Waals surface area (Å²) in [6.45, 7) is 6.20. The van der Waals surface area contributed by atoms with Gasteiger partial charge in [0, 0.05) is 11.5 Å². The minimum atomic E-state index is -0.394. The number of quaternary nitrogens is 1. The van der Waals surface area contributed by atoms with Crippen molar-refractivity contribution in [2.75, 3.05) is 33.4 Å². The van der Waals surface area contributed by atoms with E-state index in [0.29, 0.717) is 13.2 Å². The fraction of sp³-hybridized carbons (Fsp3) is 0.667. The Kier molecular flexibility index (Phi) is 7.16. The first-order valence-corrected chi connectivity index (χ1v) is 8.44. The van der Waals surface area contributed by atoms with Crippen molar-refractivity contribution < 1.29 is 19.5 Å². The van der Waals surface area contributed by atoms with Crippen LogP contribution in [0.4, 0.5) is 0 Å². The summed E-state index contributed by atoms with van der Waals surface area (Å²) < 4.78 is 11.0. The predicted molar refractivity (Wildman–Crippen MR) is 87.2 cm³/mol. The second kappa shape index (κ2) is 9.13. The second-order valence-electron chi connectivity index (χ2n) is 6.33. The molecule has 0 bridgehead atoms. The van der Waals surface area contributed by atoms with E-state index in [9.17, 15) is 5.11 Å². The van der Waals surface area contributed by atoms with Crippen molar-refractivity contribution in [2.24, 2.45) is 5.92 Å². The maximum absolute atomic E-state index is 10.2. The number of aliphatic hydroxyl groups excluding tert-OH is 1. The quantitative estimate of drug-likeness (QED) is 0.647. The van der Waals surface area contributed by atoms with E-state index in [-0.39, 0.29) is 0 Å². The fourth-order valence-electron chi connectivity index (χ4n) is 2.89. The fourth-order valence-corrected chi connectivity index (χ4v) is 2.89. The number of rotatable bonds is 11. The van der Waals surface area contributed by atoms with E-state index in [2.05, 4.69) is 6.92 Å². The van der Waals surface area contributed by atoms with E-state index >= 15 is 0 Å². The van der Waals surface area contributed by atoms with E-state index in [0.717, 1.165) is 36.7 Å². The number of hydrogen-bond donors (Lipinski definition) is 2. The molecule has 0 spiro atoms. The van der Waals surface area contributed by atoms with Crippen LogP contribution < -0.4 is 9.64 Å². The SMILES string of the molecule is CCC[NH+](CC1CC1)C[C@H](O)COCc1ccccc1OC. The van der Waals surface area contributed by atoms with Crippen LogP contribution in [-0.2, 0) is 11.3 Å². The van der Waals surface area contributed by atoms with Crippen molar-refractivity contribution in [3.63, 3.8) is 0 Å². The van der Waals surface area contributed by atoms with Gasteiger partial charge in [-0.1, -0.05) is 25.1 Å². The molecule has 22 heavy (non-hydrogen) atoms. The molecule has 1 aliphatic carbocycles. The molecule has 1 aliphatic rings. The molecule has 2 rings (SSSR count).